The Morgan fingerprint density at radius 2 is 1.85 bits per heavy atom. The van der Waals surface area contributed by atoms with E-state index in [9.17, 15) is 14.7 Å². The number of nitrogens with one attached hydrogen (secondary N) is 1. The average Bonchev–Trinajstić information content (AvgIpc) is 3.66. The summed E-state index contributed by atoms with van der Waals surface area (Å²) >= 11 is 1.38. The number of aromatic amines is 1. The monoisotopic (exact) mass is 547 g/mol. The highest BCUT2D eigenvalue weighted by molar-refractivity contribution is 7.10. The number of hydrogen-bond acceptors (Lipinski definition) is 8. The molecule has 2 aromatic heterocycles. The molecule has 2 N–H and O–H groups in total. The van der Waals surface area contributed by atoms with E-state index in [1.807, 2.05) is 44.4 Å². The summed E-state index contributed by atoms with van der Waals surface area (Å²) in [5.74, 6) is 0.147. The van der Waals surface area contributed by atoms with Crippen LogP contribution in [0.4, 0.5) is 5.95 Å². The highest BCUT2D eigenvalue weighted by atomic mass is 32.1. The number of ketones is 1. The zero-order valence-corrected chi connectivity index (χ0v) is 23.1. The van der Waals surface area contributed by atoms with Gasteiger partial charge >= 0.3 is 5.91 Å². The number of rotatable bonds is 8. The molecule has 9 nitrogen and oxygen atoms in total. The van der Waals surface area contributed by atoms with Crippen molar-refractivity contribution in [3.05, 3.63) is 69.4 Å². The number of methoxy groups -OCH3 is 2. The van der Waals surface area contributed by atoms with Gasteiger partial charge < -0.3 is 24.3 Å². The molecule has 4 aromatic rings. The summed E-state index contributed by atoms with van der Waals surface area (Å²) in [7, 11) is 3.06. The molecule has 0 radical (unpaired) electrons. The summed E-state index contributed by atoms with van der Waals surface area (Å²) in [5, 5.41) is 13.4. The molecule has 202 valence electrons. The number of Topliss-reactive ketones (excluding diaryl/α,β-unsaturated/α-hetero) is 1. The number of H-pyrrole nitrogens is 1. The molecule has 1 unspecified atom stereocenters. The van der Waals surface area contributed by atoms with Gasteiger partial charge in [-0.3, -0.25) is 14.5 Å². The fourth-order valence-electron chi connectivity index (χ4n) is 4.79. The van der Waals surface area contributed by atoms with E-state index in [4.69, 9.17) is 14.2 Å². The summed E-state index contributed by atoms with van der Waals surface area (Å²) in [6, 6.07) is 11.5. The largest absolute Gasteiger partial charge is 0.507 e. The molecule has 10 heteroatoms. The van der Waals surface area contributed by atoms with Crippen molar-refractivity contribution in [2.45, 2.75) is 32.7 Å². The van der Waals surface area contributed by atoms with Crippen molar-refractivity contribution in [2.24, 2.45) is 0 Å². The molecule has 0 bridgehead atoms. The lowest BCUT2D eigenvalue weighted by Crippen LogP contribution is -2.30. The van der Waals surface area contributed by atoms with Crippen molar-refractivity contribution < 1.29 is 28.9 Å². The van der Waals surface area contributed by atoms with Crippen LogP contribution in [0.25, 0.3) is 16.8 Å². The molecule has 1 amide bonds. The zero-order chi connectivity index (χ0) is 27.8. The number of aliphatic hydroxyl groups excluding tert-OH is 1. The third-order valence-corrected chi connectivity index (χ3v) is 7.59. The van der Waals surface area contributed by atoms with Gasteiger partial charge in [0.2, 0.25) is 5.95 Å². The Kier molecular flexibility index (Phi) is 7.05. The molecule has 5 rings (SSSR count). The smallest absolute Gasteiger partial charge is 0.302 e. The van der Waals surface area contributed by atoms with Gasteiger partial charge in [-0.05, 0) is 48.1 Å². The van der Waals surface area contributed by atoms with E-state index in [2.05, 4.69) is 9.97 Å². The van der Waals surface area contributed by atoms with Gasteiger partial charge in [-0.2, -0.15) is 0 Å². The van der Waals surface area contributed by atoms with Crippen molar-refractivity contribution in [3.63, 3.8) is 0 Å². The minimum absolute atomic E-state index is 0.00284. The van der Waals surface area contributed by atoms with Crippen LogP contribution in [0.5, 0.6) is 17.2 Å². The van der Waals surface area contributed by atoms with Crippen LogP contribution in [-0.4, -0.2) is 47.6 Å². The highest BCUT2D eigenvalue weighted by Crippen LogP contribution is 2.44. The number of carbonyl (C=O) groups excluding carboxylic acids is 2. The van der Waals surface area contributed by atoms with Gasteiger partial charge in [0.15, 0.2) is 11.5 Å². The first-order valence-electron chi connectivity index (χ1n) is 12.5. The van der Waals surface area contributed by atoms with Gasteiger partial charge in [-0.1, -0.05) is 19.9 Å². The van der Waals surface area contributed by atoms with E-state index in [0.29, 0.717) is 45.3 Å². The van der Waals surface area contributed by atoms with Crippen LogP contribution in [0, 0.1) is 0 Å². The molecule has 0 saturated carbocycles. The van der Waals surface area contributed by atoms with E-state index in [0.717, 1.165) is 5.56 Å². The number of nitrogens with zero attached hydrogens (tertiary/aromatic N) is 2. The first-order valence-corrected chi connectivity index (χ1v) is 13.4. The van der Waals surface area contributed by atoms with Gasteiger partial charge in [-0.25, -0.2) is 4.98 Å². The van der Waals surface area contributed by atoms with Gasteiger partial charge in [0.25, 0.3) is 5.78 Å². The molecule has 2 aromatic carbocycles. The van der Waals surface area contributed by atoms with Crippen LogP contribution < -0.4 is 19.1 Å². The molecule has 1 aliphatic rings. The fourth-order valence-corrected chi connectivity index (χ4v) is 5.62. The number of carbonyl (C=O) groups is 2. The Morgan fingerprint density at radius 1 is 1.10 bits per heavy atom. The SMILES string of the molecule is CCOc1ccc(/C(O)=C2\C(=O)C(=O)N(c3nc4cc(OC)c(OC)cc4[nH]3)C2c2cccs2)cc1C(C)C. The molecule has 1 fully saturated rings. The van der Waals surface area contributed by atoms with Crippen LogP contribution >= 0.6 is 11.3 Å². The average molecular weight is 548 g/mol. The van der Waals surface area contributed by atoms with Crippen molar-refractivity contribution in [3.8, 4) is 17.2 Å². The van der Waals surface area contributed by atoms with Gasteiger partial charge in [0.05, 0.1) is 37.4 Å². The first-order chi connectivity index (χ1) is 18.8. The maximum Gasteiger partial charge on any atom is 0.302 e. The first kappa shape index (κ1) is 26.3. The lowest BCUT2D eigenvalue weighted by atomic mass is 9.95. The maximum absolute atomic E-state index is 13.5. The summed E-state index contributed by atoms with van der Waals surface area (Å²) in [6.07, 6.45) is 0. The van der Waals surface area contributed by atoms with Crippen molar-refractivity contribution in [2.75, 3.05) is 25.7 Å². The number of amides is 1. The van der Waals surface area contributed by atoms with Crippen molar-refractivity contribution in [1.29, 1.82) is 0 Å². The van der Waals surface area contributed by atoms with Crippen molar-refractivity contribution >= 4 is 45.8 Å². The third kappa shape index (κ3) is 4.50. The van der Waals surface area contributed by atoms with Gasteiger partial charge in [0.1, 0.15) is 17.6 Å². The van der Waals surface area contributed by atoms with E-state index in [1.54, 1.807) is 24.3 Å². The highest BCUT2D eigenvalue weighted by Gasteiger charge is 2.48. The minimum Gasteiger partial charge on any atom is -0.507 e. The number of anilines is 1. The Morgan fingerprint density at radius 3 is 2.49 bits per heavy atom. The molecule has 1 saturated heterocycles. The zero-order valence-electron chi connectivity index (χ0n) is 22.3. The normalized spacial score (nSPS) is 16.9. The standard InChI is InChI=1S/C29H29N3O6S/c1-6-38-20-10-9-16(12-17(20)15(2)3)26(33)24-25(23-8-7-11-39-23)32(28(35)27(24)34)29-30-18-13-21(36-4)22(37-5)14-19(18)31-29/h7-15,25,33H,6H2,1-5H3,(H,30,31)/b26-24+. The van der Waals surface area contributed by atoms with Gasteiger partial charge in [0, 0.05) is 22.6 Å². The number of fused-ring (bicyclic) bond motifs is 1. The second-order valence-corrected chi connectivity index (χ2v) is 10.3. The molecule has 0 aliphatic carbocycles. The Labute approximate surface area is 229 Å². The Bertz CT molecular complexity index is 1550. The van der Waals surface area contributed by atoms with E-state index < -0.39 is 17.7 Å². The lowest BCUT2D eigenvalue weighted by molar-refractivity contribution is -0.132. The summed E-state index contributed by atoms with van der Waals surface area (Å²) in [6.45, 7) is 6.46. The lowest BCUT2D eigenvalue weighted by Gasteiger charge is -2.21. The molecule has 39 heavy (non-hydrogen) atoms. The van der Waals surface area contributed by atoms with E-state index in [-0.39, 0.29) is 23.2 Å². The van der Waals surface area contributed by atoms with Crippen LogP contribution in [0.3, 0.4) is 0 Å². The number of thiophene rings is 1. The number of hydrogen-bond donors (Lipinski definition) is 2. The number of ether oxygens (including phenoxy) is 3. The quantitative estimate of drug-likeness (QED) is 0.163. The maximum atomic E-state index is 13.5. The number of aromatic nitrogens is 2. The van der Waals surface area contributed by atoms with E-state index >= 15 is 0 Å². The number of aliphatic hydroxyl groups is 1. The predicted molar refractivity (Wildman–Crippen MR) is 150 cm³/mol. The van der Waals surface area contributed by atoms with Crippen LogP contribution in [0.1, 0.15) is 48.7 Å². The second-order valence-electron chi connectivity index (χ2n) is 9.31. The Balaban J connectivity index is 1.67. The molecule has 1 aliphatic heterocycles. The summed E-state index contributed by atoms with van der Waals surface area (Å²) in [5.41, 5.74) is 2.45. The summed E-state index contributed by atoms with van der Waals surface area (Å²) in [4.78, 5) is 36.8. The molecule has 0 spiro atoms. The van der Waals surface area contributed by atoms with Crippen molar-refractivity contribution in [1.82, 2.24) is 9.97 Å². The fraction of sp³-hybridized carbons (Fsp3) is 0.276. The van der Waals surface area contributed by atoms with Crippen LogP contribution in [0.2, 0.25) is 0 Å². The molecule has 1 atom stereocenters. The third-order valence-electron chi connectivity index (χ3n) is 6.67. The number of benzene rings is 2. The molecular formula is C29H29N3O6S. The number of imidazole rings is 1. The topological polar surface area (TPSA) is 114 Å². The predicted octanol–water partition coefficient (Wildman–Crippen LogP) is 5.79. The van der Waals surface area contributed by atoms with E-state index in [1.165, 1.54) is 30.5 Å². The van der Waals surface area contributed by atoms with Crippen LogP contribution in [-0.2, 0) is 9.59 Å². The summed E-state index contributed by atoms with van der Waals surface area (Å²) < 4.78 is 16.5. The minimum atomic E-state index is -0.872. The van der Waals surface area contributed by atoms with Crippen LogP contribution in [0.15, 0.2) is 53.4 Å². The molecule has 3 heterocycles. The molecular weight excluding hydrogens is 518 g/mol. The second kappa shape index (κ2) is 10.5. The van der Waals surface area contributed by atoms with Gasteiger partial charge in [-0.15, -0.1) is 11.3 Å². The Hall–Kier alpha value is -4.31.